The molecule has 2 aromatic carbocycles. The molecule has 0 bridgehead atoms. The second kappa shape index (κ2) is 7.49. The van der Waals surface area contributed by atoms with Gasteiger partial charge in [0.2, 0.25) is 0 Å². The van der Waals surface area contributed by atoms with E-state index in [1.807, 2.05) is 18.2 Å². The van der Waals surface area contributed by atoms with Crippen molar-refractivity contribution in [2.45, 2.75) is 24.8 Å². The molecule has 1 saturated heterocycles. The molecule has 4 heteroatoms. The number of ether oxygens (including phenoxy) is 1. The first-order valence-corrected chi connectivity index (χ1v) is 8.34. The Balaban J connectivity index is 1.92. The first kappa shape index (κ1) is 16.5. The molecule has 1 aliphatic rings. The maximum atomic E-state index is 11.0. The Morgan fingerprint density at radius 3 is 2.62 bits per heavy atom. The summed E-state index contributed by atoms with van der Waals surface area (Å²) in [5, 5.41) is 9.05. The zero-order valence-corrected chi connectivity index (χ0v) is 13.9. The molecule has 0 amide bonds. The number of carboxylic acid groups (broad SMARTS) is 1. The molecule has 0 spiro atoms. The largest absolute Gasteiger partial charge is 0.497 e. The molecular formula is C20H23NO3. The molecule has 1 fully saturated rings. The van der Waals surface area contributed by atoms with Crippen LogP contribution in [0.15, 0.2) is 54.6 Å². The third-order valence-corrected chi connectivity index (χ3v) is 4.78. The third kappa shape index (κ3) is 3.60. The van der Waals surface area contributed by atoms with Crippen LogP contribution in [0.25, 0.3) is 0 Å². The van der Waals surface area contributed by atoms with Crippen molar-refractivity contribution in [3.05, 3.63) is 65.7 Å². The molecule has 4 nitrogen and oxygen atoms in total. The Morgan fingerprint density at radius 1 is 1.17 bits per heavy atom. The third-order valence-electron chi connectivity index (χ3n) is 4.78. The Kier molecular flexibility index (Phi) is 5.16. The number of hydrogen-bond acceptors (Lipinski definition) is 3. The number of carbonyl (C=O) groups is 1. The van der Waals surface area contributed by atoms with Gasteiger partial charge in [0.05, 0.1) is 13.5 Å². The van der Waals surface area contributed by atoms with Gasteiger partial charge in [0.1, 0.15) is 5.75 Å². The summed E-state index contributed by atoms with van der Waals surface area (Å²) in [6.45, 7) is 1.48. The summed E-state index contributed by atoms with van der Waals surface area (Å²) >= 11 is 0. The molecule has 1 heterocycles. The molecular weight excluding hydrogens is 302 g/mol. The average Bonchev–Trinajstić information content (AvgIpc) is 3.04. The van der Waals surface area contributed by atoms with Crippen molar-refractivity contribution < 1.29 is 14.6 Å². The van der Waals surface area contributed by atoms with Gasteiger partial charge in [-0.05, 0) is 36.2 Å². The van der Waals surface area contributed by atoms with E-state index < -0.39 is 5.97 Å². The predicted molar refractivity (Wildman–Crippen MR) is 93.4 cm³/mol. The van der Waals surface area contributed by atoms with Crippen molar-refractivity contribution in [1.29, 1.82) is 0 Å². The van der Waals surface area contributed by atoms with Crippen LogP contribution in [0.5, 0.6) is 5.75 Å². The maximum absolute atomic E-state index is 11.0. The molecule has 0 aliphatic carbocycles. The molecule has 2 unspecified atom stereocenters. The fourth-order valence-corrected chi connectivity index (χ4v) is 3.66. The van der Waals surface area contributed by atoms with E-state index in [4.69, 9.17) is 9.84 Å². The molecule has 0 saturated carbocycles. The Labute approximate surface area is 142 Å². The van der Waals surface area contributed by atoms with Gasteiger partial charge in [0.15, 0.2) is 0 Å². The van der Waals surface area contributed by atoms with Crippen LogP contribution in [0.4, 0.5) is 0 Å². The van der Waals surface area contributed by atoms with Gasteiger partial charge in [-0.3, -0.25) is 9.69 Å². The smallest absolute Gasteiger partial charge is 0.304 e. The van der Waals surface area contributed by atoms with Gasteiger partial charge < -0.3 is 9.84 Å². The SMILES string of the molecule is COc1cccc(C2C(c3ccccc3)CCN2CCC(=O)O)c1. The molecule has 1 aliphatic heterocycles. The topological polar surface area (TPSA) is 49.8 Å². The first-order valence-electron chi connectivity index (χ1n) is 8.34. The summed E-state index contributed by atoms with van der Waals surface area (Å²) < 4.78 is 5.38. The lowest BCUT2D eigenvalue weighted by atomic mass is 9.87. The van der Waals surface area contributed by atoms with Crippen molar-refractivity contribution >= 4 is 5.97 Å². The summed E-state index contributed by atoms with van der Waals surface area (Å²) in [7, 11) is 1.67. The second-order valence-electron chi connectivity index (χ2n) is 6.21. The molecule has 126 valence electrons. The number of likely N-dealkylation sites (tertiary alicyclic amines) is 1. The Morgan fingerprint density at radius 2 is 1.92 bits per heavy atom. The number of rotatable bonds is 6. The summed E-state index contributed by atoms with van der Waals surface area (Å²) in [5.74, 6) is 0.457. The molecule has 0 aromatic heterocycles. The Hall–Kier alpha value is -2.33. The zero-order valence-electron chi connectivity index (χ0n) is 13.9. The standard InChI is InChI=1S/C20H23NO3/c1-24-17-9-5-8-16(14-17)20-18(15-6-3-2-4-7-15)10-12-21(20)13-11-19(22)23/h2-9,14,18,20H,10-13H2,1H3,(H,22,23). The molecule has 1 N–H and O–H groups in total. The monoisotopic (exact) mass is 325 g/mol. The second-order valence-corrected chi connectivity index (χ2v) is 6.21. The number of hydrogen-bond donors (Lipinski definition) is 1. The first-order chi connectivity index (χ1) is 11.7. The highest BCUT2D eigenvalue weighted by Crippen LogP contribution is 2.44. The number of aliphatic carboxylic acids is 1. The predicted octanol–water partition coefficient (Wildman–Crippen LogP) is 3.70. The van der Waals surface area contributed by atoms with Crippen molar-refractivity contribution in [2.75, 3.05) is 20.2 Å². The van der Waals surface area contributed by atoms with Crippen LogP contribution in [0.3, 0.4) is 0 Å². The normalized spacial score (nSPS) is 20.9. The van der Waals surface area contributed by atoms with E-state index >= 15 is 0 Å². The molecule has 0 radical (unpaired) electrons. The van der Waals surface area contributed by atoms with Gasteiger partial charge in [-0.1, -0.05) is 42.5 Å². The van der Waals surface area contributed by atoms with Crippen LogP contribution in [-0.2, 0) is 4.79 Å². The van der Waals surface area contributed by atoms with Crippen molar-refractivity contribution in [1.82, 2.24) is 4.90 Å². The van der Waals surface area contributed by atoms with E-state index in [1.54, 1.807) is 7.11 Å². The minimum Gasteiger partial charge on any atom is -0.497 e. The van der Waals surface area contributed by atoms with Gasteiger partial charge in [0, 0.05) is 18.5 Å². The van der Waals surface area contributed by atoms with Crippen LogP contribution in [0.2, 0.25) is 0 Å². The van der Waals surface area contributed by atoms with Gasteiger partial charge >= 0.3 is 5.97 Å². The minimum absolute atomic E-state index is 0.169. The van der Waals surface area contributed by atoms with E-state index in [0.29, 0.717) is 12.5 Å². The van der Waals surface area contributed by atoms with E-state index in [0.717, 1.165) is 18.7 Å². The van der Waals surface area contributed by atoms with E-state index in [1.165, 1.54) is 11.1 Å². The highest BCUT2D eigenvalue weighted by Gasteiger charge is 2.36. The number of methoxy groups -OCH3 is 1. The maximum Gasteiger partial charge on any atom is 0.304 e. The highest BCUT2D eigenvalue weighted by atomic mass is 16.5. The van der Waals surface area contributed by atoms with Crippen LogP contribution >= 0.6 is 0 Å². The van der Waals surface area contributed by atoms with Crippen molar-refractivity contribution in [2.24, 2.45) is 0 Å². The van der Waals surface area contributed by atoms with Gasteiger partial charge in [-0.15, -0.1) is 0 Å². The lowest BCUT2D eigenvalue weighted by Crippen LogP contribution is -2.27. The number of carboxylic acids is 1. The molecule has 24 heavy (non-hydrogen) atoms. The fourth-order valence-electron chi connectivity index (χ4n) is 3.66. The fraction of sp³-hybridized carbons (Fsp3) is 0.350. The summed E-state index contributed by atoms with van der Waals surface area (Å²) in [5.41, 5.74) is 2.49. The summed E-state index contributed by atoms with van der Waals surface area (Å²) in [6, 6.07) is 18.8. The number of benzene rings is 2. The highest BCUT2D eigenvalue weighted by molar-refractivity contribution is 5.66. The lowest BCUT2D eigenvalue weighted by molar-refractivity contribution is -0.137. The molecule has 2 aromatic rings. The van der Waals surface area contributed by atoms with Crippen LogP contribution < -0.4 is 4.74 Å². The van der Waals surface area contributed by atoms with Gasteiger partial charge in [-0.25, -0.2) is 0 Å². The van der Waals surface area contributed by atoms with Crippen LogP contribution in [0, 0.1) is 0 Å². The van der Waals surface area contributed by atoms with Crippen LogP contribution in [0.1, 0.15) is 35.9 Å². The average molecular weight is 325 g/mol. The Bertz CT molecular complexity index is 686. The summed E-state index contributed by atoms with van der Waals surface area (Å²) in [4.78, 5) is 13.3. The van der Waals surface area contributed by atoms with Crippen molar-refractivity contribution in [3.8, 4) is 5.75 Å². The van der Waals surface area contributed by atoms with Crippen molar-refractivity contribution in [3.63, 3.8) is 0 Å². The van der Waals surface area contributed by atoms with Gasteiger partial charge in [-0.2, -0.15) is 0 Å². The minimum atomic E-state index is -0.748. The molecule has 2 atom stereocenters. The zero-order chi connectivity index (χ0) is 16.9. The summed E-state index contributed by atoms with van der Waals surface area (Å²) in [6.07, 6.45) is 1.20. The number of nitrogens with zero attached hydrogens (tertiary/aromatic N) is 1. The van der Waals surface area contributed by atoms with E-state index in [2.05, 4.69) is 41.3 Å². The quantitative estimate of drug-likeness (QED) is 0.880. The molecule has 3 rings (SSSR count). The van der Waals surface area contributed by atoms with E-state index in [9.17, 15) is 4.79 Å². The lowest BCUT2D eigenvalue weighted by Gasteiger charge is -2.29. The van der Waals surface area contributed by atoms with Crippen LogP contribution in [-0.4, -0.2) is 36.2 Å². The van der Waals surface area contributed by atoms with Gasteiger partial charge in [0.25, 0.3) is 0 Å². The van der Waals surface area contributed by atoms with E-state index in [-0.39, 0.29) is 12.5 Å².